The van der Waals surface area contributed by atoms with Gasteiger partial charge in [-0.05, 0) is 30.4 Å². The highest BCUT2D eigenvalue weighted by Crippen LogP contribution is 2.44. The van der Waals surface area contributed by atoms with Crippen molar-refractivity contribution in [1.29, 1.82) is 0 Å². The van der Waals surface area contributed by atoms with Gasteiger partial charge in [0.15, 0.2) is 0 Å². The maximum atomic E-state index is 6.27. The number of fused-ring (bicyclic) bond motifs is 1. The highest BCUT2D eigenvalue weighted by Gasteiger charge is 2.33. The normalized spacial score (nSPS) is 21.2. The van der Waals surface area contributed by atoms with E-state index in [1.807, 2.05) is 12.1 Å². The first-order chi connectivity index (χ1) is 8.96. The number of pyridine rings is 1. The van der Waals surface area contributed by atoms with E-state index in [9.17, 15) is 0 Å². The molecule has 1 atom stereocenters. The summed E-state index contributed by atoms with van der Waals surface area (Å²) < 4.78 is 0. The smallest absolute Gasteiger partial charge is 0.143 e. The predicted molar refractivity (Wildman–Crippen MR) is 79.4 cm³/mol. The molecule has 2 heterocycles. The number of hydrogen-bond acceptors (Lipinski definition) is 4. The Hall–Kier alpha value is -0.970. The molecule has 0 saturated carbocycles. The van der Waals surface area contributed by atoms with E-state index in [1.165, 1.54) is 4.88 Å². The molecule has 2 aromatic heterocycles. The van der Waals surface area contributed by atoms with Crippen molar-refractivity contribution in [3.63, 3.8) is 0 Å². The molecule has 0 bridgehead atoms. The highest BCUT2D eigenvalue weighted by atomic mass is 35.5. The van der Waals surface area contributed by atoms with E-state index in [0.29, 0.717) is 5.02 Å². The third kappa shape index (κ3) is 2.40. The van der Waals surface area contributed by atoms with Crippen LogP contribution in [0.1, 0.15) is 36.9 Å². The maximum Gasteiger partial charge on any atom is 0.143 e. The summed E-state index contributed by atoms with van der Waals surface area (Å²) in [5, 5.41) is 1.52. The van der Waals surface area contributed by atoms with Crippen LogP contribution in [0.15, 0.2) is 18.3 Å². The fraction of sp³-hybridized carbons (Fsp3) is 0.429. The fourth-order valence-electron chi connectivity index (χ4n) is 2.64. The molecule has 3 nitrogen and oxygen atoms in total. The molecular weight excluding hydrogens is 278 g/mol. The molecular formula is C14H16ClN3S. The number of hydrogen-bond donors (Lipinski definition) is 1. The SMILES string of the molecule is CC1(C)Cc2nc(-c3ncccc3Cl)sc2C(N)C1. The van der Waals surface area contributed by atoms with Crippen molar-refractivity contribution in [2.24, 2.45) is 11.1 Å². The zero-order valence-electron chi connectivity index (χ0n) is 11.0. The van der Waals surface area contributed by atoms with Crippen molar-refractivity contribution >= 4 is 22.9 Å². The molecule has 0 amide bonds. The second-order valence-corrected chi connectivity index (χ2v) is 7.25. The van der Waals surface area contributed by atoms with Crippen LogP contribution in [-0.2, 0) is 6.42 Å². The number of thiazole rings is 1. The molecule has 0 aliphatic heterocycles. The molecule has 3 rings (SSSR count). The van der Waals surface area contributed by atoms with Crippen molar-refractivity contribution in [3.05, 3.63) is 33.9 Å². The van der Waals surface area contributed by atoms with Crippen molar-refractivity contribution < 1.29 is 0 Å². The Morgan fingerprint density at radius 2 is 2.26 bits per heavy atom. The van der Waals surface area contributed by atoms with Crippen molar-refractivity contribution in [1.82, 2.24) is 9.97 Å². The molecule has 0 aromatic carbocycles. The number of nitrogens with two attached hydrogens (primary N) is 1. The van der Waals surface area contributed by atoms with Gasteiger partial charge in [0.1, 0.15) is 10.7 Å². The van der Waals surface area contributed by atoms with Crippen LogP contribution in [0.2, 0.25) is 5.02 Å². The Balaban J connectivity index is 2.07. The van der Waals surface area contributed by atoms with Crippen LogP contribution in [0.5, 0.6) is 0 Å². The van der Waals surface area contributed by atoms with E-state index in [-0.39, 0.29) is 11.5 Å². The van der Waals surface area contributed by atoms with Crippen LogP contribution in [0.25, 0.3) is 10.7 Å². The van der Waals surface area contributed by atoms with Crippen molar-refractivity contribution in [2.75, 3.05) is 0 Å². The Morgan fingerprint density at radius 1 is 1.47 bits per heavy atom. The number of nitrogens with zero attached hydrogens (tertiary/aromatic N) is 2. The predicted octanol–water partition coefficient (Wildman–Crippen LogP) is 3.83. The first kappa shape index (κ1) is 13.0. The second kappa shape index (κ2) is 4.54. The first-order valence-corrected chi connectivity index (χ1v) is 7.52. The van der Waals surface area contributed by atoms with Gasteiger partial charge < -0.3 is 5.73 Å². The zero-order chi connectivity index (χ0) is 13.6. The van der Waals surface area contributed by atoms with Gasteiger partial charge in [0.25, 0.3) is 0 Å². The number of rotatable bonds is 1. The molecule has 0 radical (unpaired) electrons. The molecule has 0 spiro atoms. The Bertz CT molecular complexity index is 621. The third-order valence-electron chi connectivity index (χ3n) is 3.44. The van der Waals surface area contributed by atoms with E-state index in [0.717, 1.165) is 29.2 Å². The lowest BCUT2D eigenvalue weighted by Crippen LogP contribution is -2.28. The van der Waals surface area contributed by atoms with E-state index in [2.05, 4.69) is 18.8 Å². The minimum atomic E-state index is 0.0764. The molecule has 1 aliphatic carbocycles. The summed E-state index contributed by atoms with van der Waals surface area (Å²) in [6.45, 7) is 4.48. The fourth-order valence-corrected chi connectivity index (χ4v) is 4.00. The summed E-state index contributed by atoms with van der Waals surface area (Å²) in [4.78, 5) is 10.2. The van der Waals surface area contributed by atoms with E-state index in [1.54, 1.807) is 17.5 Å². The lowest BCUT2D eigenvalue weighted by atomic mass is 9.77. The molecule has 5 heteroatoms. The van der Waals surface area contributed by atoms with Crippen LogP contribution >= 0.6 is 22.9 Å². The summed E-state index contributed by atoms with van der Waals surface area (Å²) >= 11 is 7.82. The lowest BCUT2D eigenvalue weighted by molar-refractivity contribution is 0.282. The summed E-state index contributed by atoms with van der Waals surface area (Å²) in [6, 6.07) is 3.75. The summed E-state index contributed by atoms with van der Waals surface area (Å²) in [5.41, 5.74) is 8.36. The molecule has 0 fully saturated rings. The van der Waals surface area contributed by atoms with Crippen molar-refractivity contribution in [2.45, 2.75) is 32.7 Å². The van der Waals surface area contributed by atoms with Crippen LogP contribution in [-0.4, -0.2) is 9.97 Å². The van der Waals surface area contributed by atoms with Crippen LogP contribution in [0.3, 0.4) is 0 Å². The van der Waals surface area contributed by atoms with Gasteiger partial charge in [0.05, 0.1) is 10.7 Å². The average molecular weight is 294 g/mol. The van der Waals surface area contributed by atoms with Crippen molar-refractivity contribution in [3.8, 4) is 10.7 Å². The maximum absolute atomic E-state index is 6.27. The molecule has 0 saturated heterocycles. The standard InChI is InChI=1S/C14H16ClN3S/c1-14(2)6-9(16)12-10(7-14)18-13(19-12)11-8(15)4-3-5-17-11/h3-5,9H,6-7,16H2,1-2H3. The van der Waals surface area contributed by atoms with Crippen LogP contribution in [0.4, 0.5) is 0 Å². The molecule has 1 aliphatic rings. The van der Waals surface area contributed by atoms with E-state index >= 15 is 0 Å². The van der Waals surface area contributed by atoms with Crippen LogP contribution < -0.4 is 5.73 Å². The molecule has 1 unspecified atom stereocenters. The van der Waals surface area contributed by atoms with Gasteiger partial charge in [-0.25, -0.2) is 4.98 Å². The highest BCUT2D eigenvalue weighted by molar-refractivity contribution is 7.15. The molecule has 100 valence electrons. The van der Waals surface area contributed by atoms with Gasteiger partial charge in [-0.15, -0.1) is 11.3 Å². The van der Waals surface area contributed by atoms with Gasteiger partial charge >= 0.3 is 0 Å². The van der Waals surface area contributed by atoms with Gasteiger partial charge in [-0.1, -0.05) is 25.4 Å². The molecule has 19 heavy (non-hydrogen) atoms. The Kier molecular flexibility index (Phi) is 3.12. The first-order valence-electron chi connectivity index (χ1n) is 6.32. The Labute approximate surface area is 121 Å². The minimum absolute atomic E-state index is 0.0764. The Morgan fingerprint density at radius 3 is 3.00 bits per heavy atom. The second-order valence-electron chi connectivity index (χ2n) is 5.82. The van der Waals surface area contributed by atoms with Gasteiger partial charge in [-0.3, -0.25) is 4.98 Å². The molecule has 2 N–H and O–H groups in total. The summed E-state index contributed by atoms with van der Waals surface area (Å²) in [7, 11) is 0. The monoisotopic (exact) mass is 293 g/mol. The summed E-state index contributed by atoms with van der Waals surface area (Å²) in [5.74, 6) is 0. The minimum Gasteiger partial charge on any atom is -0.323 e. The lowest BCUT2D eigenvalue weighted by Gasteiger charge is -2.32. The summed E-state index contributed by atoms with van der Waals surface area (Å²) in [6.07, 6.45) is 3.71. The average Bonchev–Trinajstić information content (AvgIpc) is 2.71. The molecule has 2 aromatic rings. The quantitative estimate of drug-likeness (QED) is 0.869. The topological polar surface area (TPSA) is 51.8 Å². The van der Waals surface area contributed by atoms with Gasteiger partial charge in [-0.2, -0.15) is 0 Å². The van der Waals surface area contributed by atoms with Gasteiger partial charge in [0.2, 0.25) is 0 Å². The zero-order valence-corrected chi connectivity index (χ0v) is 12.6. The van der Waals surface area contributed by atoms with E-state index < -0.39 is 0 Å². The largest absolute Gasteiger partial charge is 0.323 e. The number of aromatic nitrogens is 2. The number of halogens is 1. The van der Waals surface area contributed by atoms with Gasteiger partial charge in [0, 0.05) is 17.1 Å². The third-order valence-corrected chi connectivity index (χ3v) is 4.99. The van der Waals surface area contributed by atoms with E-state index in [4.69, 9.17) is 22.3 Å². The van der Waals surface area contributed by atoms with Crippen LogP contribution in [0, 0.1) is 5.41 Å².